The SMILES string of the molecule is FC(F)n1ccnc1CNCc1ccc(C(F)(F)F)cc1. The van der Waals surface area contributed by atoms with E-state index in [1.54, 1.807) is 0 Å². The maximum Gasteiger partial charge on any atom is 0.416 e. The number of imidazole rings is 1. The molecule has 21 heavy (non-hydrogen) atoms. The summed E-state index contributed by atoms with van der Waals surface area (Å²) in [6, 6.07) is 4.65. The van der Waals surface area contributed by atoms with Crippen LogP contribution in [-0.2, 0) is 19.3 Å². The average molecular weight is 305 g/mol. The highest BCUT2D eigenvalue weighted by Gasteiger charge is 2.29. The van der Waals surface area contributed by atoms with Gasteiger partial charge in [-0.3, -0.25) is 4.57 Å². The van der Waals surface area contributed by atoms with E-state index < -0.39 is 18.3 Å². The second-order valence-corrected chi connectivity index (χ2v) is 4.33. The summed E-state index contributed by atoms with van der Waals surface area (Å²) in [5.74, 6) is 0.164. The molecule has 0 aliphatic rings. The second kappa shape index (κ2) is 6.21. The van der Waals surface area contributed by atoms with Crippen LogP contribution in [0, 0.1) is 0 Å². The lowest BCUT2D eigenvalue weighted by Gasteiger charge is -2.09. The first-order chi connectivity index (χ1) is 9.88. The Hall–Kier alpha value is -1.96. The molecule has 3 nitrogen and oxygen atoms in total. The van der Waals surface area contributed by atoms with Crippen molar-refractivity contribution in [3.05, 3.63) is 53.6 Å². The summed E-state index contributed by atoms with van der Waals surface area (Å²) in [7, 11) is 0. The van der Waals surface area contributed by atoms with E-state index in [-0.39, 0.29) is 18.9 Å². The van der Waals surface area contributed by atoms with Gasteiger partial charge in [-0.05, 0) is 17.7 Å². The molecule has 2 rings (SSSR count). The lowest BCUT2D eigenvalue weighted by molar-refractivity contribution is -0.137. The first-order valence-electron chi connectivity index (χ1n) is 6.04. The molecule has 0 atom stereocenters. The molecule has 1 N–H and O–H groups in total. The summed E-state index contributed by atoms with van der Waals surface area (Å²) in [6.07, 6.45) is -1.94. The normalized spacial score (nSPS) is 12.1. The van der Waals surface area contributed by atoms with Crippen molar-refractivity contribution < 1.29 is 22.0 Å². The molecule has 0 fully saturated rings. The van der Waals surface area contributed by atoms with Crippen LogP contribution in [0.15, 0.2) is 36.7 Å². The van der Waals surface area contributed by atoms with Crippen molar-refractivity contribution in [3.63, 3.8) is 0 Å². The Bertz CT molecular complexity index is 574. The van der Waals surface area contributed by atoms with Gasteiger partial charge in [0.05, 0.1) is 12.1 Å². The highest BCUT2D eigenvalue weighted by atomic mass is 19.4. The van der Waals surface area contributed by atoms with Gasteiger partial charge in [0, 0.05) is 18.9 Å². The number of hydrogen-bond donors (Lipinski definition) is 1. The number of benzene rings is 1. The van der Waals surface area contributed by atoms with Gasteiger partial charge in [0.25, 0.3) is 0 Å². The molecule has 0 bridgehead atoms. The van der Waals surface area contributed by atoms with Crippen LogP contribution in [0.5, 0.6) is 0 Å². The Kier molecular flexibility index (Phi) is 4.56. The standard InChI is InChI=1S/C13H12F5N3/c14-12(15)21-6-5-20-11(21)8-19-7-9-1-3-10(4-2-9)13(16,17)18/h1-6,12,19H,7-8H2. The van der Waals surface area contributed by atoms with Gasteiger partial charge in [-0.1, -0.05) is 12.1 Å². The summed E-state index contributed by atoms with van der Waals surface area (Å²) < 4.78 is 63.0. The van der Waals surface area contributed by atoms with E-state index in [2.05, 4.69) is 10.3 Å². The first-order valence-corrected chi connectivity index (χ1v) is 6.04. The molecule has 114 valence electrons. The molecule has 0 saturated heterocycles. The Balaban J connectivity index is 1.90. The highest BCUT2D eigenvalue weighted by molar-refractivity contribution is 5.24. The Labute approximate surface area is 117 Å². The van der Waals surface area contributed by atoms with Crippen LogP contribution in [0.4, 0.5) is 22.0 Å². The quantitative estimate of drug-likeness (QED) is 0.856. The smallest absolute Gasteiger partial charge is 0.306 e. The first kappa shape index (κ1) is 15.4. The Morgan fingerprint density at radius 3 is 2.33 bits per heavy atom. The van der Waals surface area contributed by atoms with Crippen molar-refractivity contribution in [2.75, 3.05) is 0 Å². The molecule has 8 heteroatoms. The predicted molar refractivity (Wildman–Crippen MR) is 65.5 cm³/mol. The van der Waals surface area contributed by atoms with Crippen LogP contribution in [0.25, 0.3) is 0 Å². The van der Waals surface area contributed by atoms with Crippen LogP contribution < -0.4 is 5.32 Å². The summed E-state index contributed by atoms with van der Waals surface area (Å²) in [6.45, 7) is -2.32. The number of halogens is 5. The predicted octanol–water partition coefficient (Wildman–Crippen LogP) is 3.59. The van der Waals surface area contributed by atoms with Crippen molar-refractivity contribution in [1.82, 2.24) is 14.9 Å². The van der Waals surface area contributed by atoms with E-state index in [4.69, 9.17) is 0 Å². The monoisotopic (exact) mass is 305 g/mol. The van der Waals surface area contributed by atoms with E-state index >= 15 is 0 Å². The summed E-state index contributed by atoms with van der Waals surface area (Å²) in [4.78, 5) is 3.79. The molecule has 1 aromatic heterocycles. The Morgan fingerprint density at radius 1 is 1.10 bits per heavy atom. The molecule has 0 saturated carbocycles. The van der Waals surface area contributed by atoms with Gasteiger partial charge in [-0.2, -0.15) is 22.0 Å². The molecule has 0 unspecified atom stereocenters. The van der Waals surface area contributed by atoms with Crippen molar-refractivity contribution in [2.45, 2.75) is 25.8 Å². The minimum Gasteiger partial charge on any atom is -0.306 e. The van der Waals surface area contributed by atoms with Crippen molar-refractivity contribution in [2.24, 2.45) is 0 Å². The van der Waals surface area contributed by atoms with Gasteiger partial charge in [-0.25, -0.2) is 4.98 Å². The van der Waals surface area contributed by atoms with E-state index in [1.807, 2.05) is 0 Å². The molecule has 0 aliphatic carbocycles. The third kappa shape index (κ3) is 4.01. The minimum absolute atomic E-state index is 0.0956. The number of hydrogen-bond acceptors (Lipinski definition) is 2. The molecule has 0 spiro atoms. The third-order valence-electron chi connectivity index (χ3n) is 2.85. The number of rotatable bonds is 5. The lowest BCUT2D eigenvalue weighted by Crippen LogP contribution is -2.17. The number of alkyl halides is 5. The number of aromatic nitrogens is 2. The molecule has 1 heterocycles. The lowest BCUT2D eigenvalue weighted by atomic mass is 10.1. The van der Waals surface area contributed by atoms with E-state index in [9.17, 15) is 22.0 Å². The van der Waals surface area contributed by atoms with E-state index in [0.717, 1.165) is 16.7 Å². The van der Waals surface area contributed by atoms with Crippen LogP contribution in [-0.4, -0.2) is 9.55 Å². The van der Waals surface area contributed by atoms with E-state index in [1.165, 1.54) is 24.5 Å². The fourth-order valence-corrected chi connectivity index (χ4v) is 1.79. The molecular weight excluding hydrogens is 293 g/mol. The molecule has 1 aromatic carbocycles. The van der Waals surface area contributed by atoms with Gasteiger partial charge in [0.2, 0.25) is 0 Å². The molecule has 2 aromatic rings. The Morgan fingerprint density at radius 2 is 1.76 bits per heavy atom. The number of nitrogens with zero attached hydrogens (tertiary/aromatic N) is 2. The van der Waals surface area contributed by atoms with Crippen molar-refractivity contribution in [1.29, 1.82) is 0 Å². The number of nitrogens with one attached hydrogen (secondary N) is 1. The maximum absolute atomic E-state index is 12.6. The average Bonchev–Trinajstić information content (AvgIpc) is 2.87. The van der Waals surface area contributed by atoms with Crippen molar-refractivity contribution >= 4 is 0 Å². The van der Waals surface area contributed by atoms with Gasteiger partial charge in [-0.15, -0.1) is 0 Å². The maximum atomic E-state index is 12.6. The van der Waals surface area contributed by atoms with Gasteiger partial charge < -0.3 is 5.32 Å². The molecular formula is C13H12F5N3. The van der Waals surface area contributed by atoms with Gasteiger partial charge in [0.1, 0.15) is 5.82 Å². The molecule has 0 radical (unpaired) electrons. The van der Waals surface area contributed by atoms with Crippen LogP contribution in [0.1, 0.15) is 23.5 Å². The van der Waals surface area contributed by atoms with Gasteiger partial charge in [0.15, 0.2) is 0 Å². The van der Waals surface area contributed by atoms with Crippen LogP contribution in [0.3, 0.4) is 0 Å². The molecule has 0 amide bonds. The summed E-state index contributed by atoms with van der Waals surface area (Å²) >= 11 is 0. The van der Waals surface area contributed by atoms with Gasteiger partial charge >= 0.3 is 12.7 Å². The zero-order valence-corrected chi connectivity index (χ0v) is 10.7. The highest BCUT2D eigenvalue weighted by Crippen LogP contribution is 2.29. The van der Waals surface area contributed by atoms with Crippen molar-refractivity contribution in [3.8, 4) is 0 Å². The summed E-state index contributed by atoms with van der Waals surface area (Å²) in [5, 5.41) is 2.86. The minimum atomic E-state index is -4.37. The fourth-order valence-electron chi connectivity index (χ4n) is 1.79. The molecule has 0 aliphatic heterocycles. The zero-order chi connectivity index (χ0) is 15.5. The van der Waals surface area contributed by atoms with E-state index in [0.29, 0.717) is 5.56 Å². The van der Waals surface area contributed by atoms with Crippen LogP contribution >= 0.6 is 0 Å². The largest absolute Gasteiger partial charge is 0.416 e. The zero-order valence-electron chi connectivity index (χ0n) is 10.7. The second-order valence-electron chi connectivity index (χ2n) is 4.33. The van der Waals surface area contributed by atoms with Crippen LogP contribution in [0.2, 0.25) is 0 Å². The topological polar surface area (TPSA) is 29.9 Å². The summed E-state index contributed by atoms with van der Waals surface area (Å²) in [5.41, 5.74) is -0.0994. The fraction of sp³-hybridized carbons (Fsp3) is 0.308. The third-order valence-corrected chi connectivity index (χ3v) is 2.85.